The summed E-state index contributed by atoms with van der Waals surface area (Å²) in [5, 5.41) is 0.416. The molecule has 0 bridgehead atoms. The first-order chi connectivity index (χ1) is 13.6. The predicted octanol–water partition coefficient (Wildman–Crippen LogP) is 3.53. The molecule has 6 nitrogen and oxygen atoms in total. The fourth-order valence-electron chi connectivity index (χ4n) is 3.20. The first-order valence-electron chi connectivity index (χ1n) is 9.24. The summed E-state index contributed by atoms with van der Waals surface area (Å²) in [6.45, 7) is 3.37. The molecule has 2 heterocycles. The number of benzene rings is 2. The van der Waals surface area contributed by atoms with Crippen molar-refractivity contribution < 1.29 is 23.8 Å². The van der Waals surface area contributed by atoms with Crippen molar-refractivity contribution in [1.29, 1.82) is 0 Å². The van der Waals surface area contributed by atoms with Gasteiger partial charge < -0.3 is 19.1 Å². The third kappa shape index (κ3) is 3.94. The fraction of sp³-hybridized carbons (Fsp3) is 0.333. The fourth-order valence-corrected chi connectivity index (χ4v) is 4.32. The molecular weight excluding hydrogens is 378 g/mol. The molecule has 7 heteroatoms. The van der Waals surface area contributed by atoms with E-state index in [1.54, 1.807) is 34.9 Å². The maximum Gasteiger partial charge on any atom is 0.338 e. The molecule has 0 saturated heterocycles. The van der Waals surface area contributed by atoms with Crippen molar-refractivity contribution in [3.05, 3.63) is 48.0 Å². The molecule has 28 heavy (non-hydrogen) atoms. The first kappa shape index (κ1) is 18.7. The number of amides is 1. The van der Waals surface area contributed by atoms with Gasteiger partial charge in [0.25, 0.3) is 5.91 Å². The molecule has 0 fully saturated rings. The number of hydrogen-bond donors (Lipinski definition) is 0. The Bertz CT molecular complexity index is 900. The summed E-state index contributed by atoms with van der Waals surface area (Å²) in [4.78, 5) is 28.0. The van der Waals surface area contributed by atoms with E-state index >= 15 is 0 Å². The Morgan fingerprint density at radius 1 is 1.14 bits per heavy atom. The van der Waals surface area contributed by atoms with Gasteiger partial charge in [-0.3, -0.25) is 4.79 Å². The third-order valence-electron chi connectivity index (χ3n) is 4.65. The number of thioether (sulfide) groups is 1. The van der Waals surface area contributed by atoms with Crippen molar-refractivity contribution >= 4 is 29.3 Å². The van der Waals surface area contributed by atoms with Crippen LogP contribution >= 0.6 is 11.8 Å². The van der Waals surface area contributed by atoms with E-state index in [0.29, 0.717) is 42.1 Å². The van der Waals surface area contributed by atoms with Crippen LogP contribution < -0.4 is 14.4 Å². The Hall–Kier alpha value is -2.67. The Labute approximate surface area is 167 Å². The number of esters is 1. The summed E-state index contributed by atoms with van der Waals surface area (Å²) < 4.78 is 16.2. The Morgan fingerprint density at radius 3 is 2.79 bits per heavy atom. The summed E-state index contributed by atoms with van der Waals surface area (Å²) >= 11 is 1.76. The van der Waals surface area contributed by atoms with Crippen molar-refractivity contribution in [3.8, 4) is 11.5 Å². The lowest BCUT2D eigenvalue weighted by Crippen LogP contribution is -2.35. The van der Waals surface area contributed by atoms with Gasteiger partial charge in [-0.1, -0.05) is 19.1 Å². The second-order valence-corrected chi connectivity index (χ2v) is 8.15. The van der Waals surface area contributed by atoms with Gasteiger partial charge in [-0.2, -0.15) is 0 Å². The minimum absolute atomic E-state index is 0.229. The summed E-state index contributed by atoms with van der Waals surface area (Å²) in [5.74, 6) is 0.329. The third-order valence-corrected chi connectivity index (χ3v) is 5.89. The van der Waals surface area contributed by atoms with Crippen LogP contribution in [0.3, 0.4) is 0 Å². The van der Waals surface area contributed by atoms with E-state index in [9.17, 15) is 9.59 Å². The molecule has 0 aliphatic carbocycles. The highest BCUT2D eigenvalue weighted by molar-refractivity contribution is 8.00. The molecule has 1 amide bonds. The van der Waals surface area contributed by atoms with Gasteiger partial charge in [-0.25, -0.2) is 4.79 Å². The lowest BCUT2D eigenvalue weighted by atomic mass is 10.2. The minimum atomic E-state index is -0.559. The van der Waals surface area contributed by atoms with Crippen LogP contribution in [0, 0.1) is 0 Å². The first-order valence-corrected chi connectivity index (χ1v) is 10.1. The SMILES string of the molecule is CC1CCN(C(=O)COC(=O)c2ccc3c(c2)OCCO3)c2ccccc2S1. The quantitative estimate of drug-likeness (QED) is 0.736. The van der Waals surface area contributed by atoms with Crippen molar-refractivity contribution in [2.75, 3.05) is 31.3 Å². The van der Waals surface area contributed by atoms with Crippen molar-refractivity contribution in [2.45, 2.75) is 23.5 Å². The molecule has 2 aromatic rings. The standard InChI is InChI=1S/C21H21NO5S/c1-14-8-9-22(16-4-2-3-5-19(16)28-14)20(23)13-27-21(24)15-6-7-17-18(12-15)26-11-10-25-17/h2-7,12,14H,8-11,13H2,1H3. The largest absolute Gasteiger partial charge is 0.486 e. The van der Waals surface area contributed by atoms with Gasteiger partial charge in [0.2, 0.25) is 0 Å². The normalized spacial score (nSPS) is 18.0. The molecular formula is C21H21NO5S. The molecule has 2 aliphatic rings. The van der Waals surface area contributed by atoms with E-state index < -0.39 is 5.97 Å². The van der Waals surface area contributed by atoms with Crippen LogP contribution in [-0.4, -0.2) is 43.5 Å². The number of rotatable bonds is 3. The monoisotopic (exact) mass is 399 g/mol. The van der Waals surface area contributed by atoms with Gasteiger partial charge in [-0.15, -0.1) is 11.8 Å². The van der Waals surface area contributed by atoms with Crippen LogP contribution in [-0.2, 0) is 9.53 Å². The van der Waals surface area contributed by atoms with E-state index in [-0.39, 0.29) is 12.5 Å². The van der Waals surface area contributed by atoms with Crippen molar-refractivity contribution in [1.82, 2.24) is 0 Å². The maximum atomic E-state index is 12.8. The summed E-state index contributed by atoms with van der Waals surface area (Å²) in [7, 11) is 0. The zero-order chi connectivity index (χ0) is 19.5. The average Bonchev–Trinajstić information content (AvgIpc) is 2.89. The van der Waals surface area contributed by atoms with Crippen LogP contribution in [0.25, 0.3) is 0 Å². The zero-order valence-electron chi connectivity index (χ0n) is 15.6. The van der Waals surface area contributed by atoms with Gasteiger partial charge in [0, 0.05) is 16.7 Å². The number of para-hydroxylation sites is 1. The van der Waals surface area contributed by atoms with E-state index in [2.05, 4.69) is 6.92 Å². The molecule has 2 aliphatic heterocycles. The summed E-state index contributed by atoms with van der Waals surface area (Å²) in [5.41, 5.74) is 1.20. The van der Waals surface area contributed by atoms with Crippen LogP contribution in [0.15, 0.2) is 47.4 Å². The molecule has 4 rings (SSSR count). The lowest BCUT2D eigenvalue weighted by Gasteiger charge is -2.22. The van der Waals surface area contributed by atoms with Crippen molar-refractivity contribution in [2.24, 2.45) is 0 Å². The smallest absolute Gasteiger partial charge is 0.338 e. The molecule has 0 aromatic heterocycles. The predicted molar refractivity (Wildman–Crippen MR) is 106 cm³/mol. The number of fused-ring (bicyclic) bond motifs is 2. The Kier molecular flexibility index (Phi) is 5.43. The van der Waals surface area contributed by atoms with Crippen LogP contribution in [0.4, 0.5) is 5.69 Å². The number of nitrogens with zero attached hydrogens (tertiary/aromatic N) is 1. The highest BCUT2D eigenvalue weighted by atomic mass is 32.2. The number of ether oxygens (including phenoxy) is 3. The number of hydrogen-bond acceptors (Lipinski definition) is 6. The minimum Gasteiger partial charge on any atom is -0.486 e. The van der Waals surface area contributed by atoms with Crippen LogP contribution in [0.5, 0.6) is 11.5 Å². The molecule has 0 spiro atoms. The molecule has 146 valence electrons. The average molecular weight is 399 g/mol. The maximum absolute atomic E-state index is 12.8. The van der Waals surface area contributed by atoms with Gasteiger partial charge >= 0.3 is 5.97 Å². The molecule has 0 radical (unpaired) electrons. The lowest BCUT2D eigenvalue weighted by molar-refractivity contribution is -0.121. The van der Waals surface area contributed by atoms with E-state index in [4.69, 9.17) is 14.2 Å². The van der Waals surface area contributed by atoms with Crippen LogP contribution in [0.2, 0.25) is 0 Å². The number of carbonyl (C=O) groups is 2. The molecule has 2 aromatic carbocycles. The second-order valence-electron chi connectivity index (χ2n) is 6.66. The number of anilines is 1. The van der Waals surface area contributed by atoms with Crippen molar-refractivity contribution in [3.63, 3.8) is 0 Å². The molecule has 1 unspecified atom stereocenters. The summed E-state index contributed by atoms with van der Waals surface area (Å²) in [6, 6.07) is 12.7. The van der Waals surface area contributed by atoms with Gasteiger partial charge in [0.15, 0.2) is 18.1 Å². The second kappa shape index (κ2) is 8.14. The molecule has 0 saturated carbocycles. The van der Waals surface area contributed by atoms with Gasteiger partial charge in [0.05, 0.1) is 11.3 Å². The topological polar surface area (TPSA) is 65.1 Å². The molecule has 0 N–H and O–H groups in total. The molecule has 1 atom stereocenters. The highest BCUT2D eigenvalue weighted by Gasteiger charge is 2.25. The van der Waals surface area contributed by atoms with E-state index in [0.717, 1.165) is 17.0 Å². The van der Waals surface area contributed by atoms with Crippen LogP contribution in [0.1, 0.15) is 23.7 Å². The van der Waals surface area contributed by atoms with E-state index in [1.165, 1.54) is 0 Å². The van der Waals surface area contributed by atoms with E-state index in [1.807, 2.05) is 24.3 Å². The number of carbonyl (C=O) groups excluding carboxylic acids is 2. The van der Waals surface area contributed by atoms with Gasteiger partial charge in [0.1, 0.15) is 13.2 Å². The Morgan fingerprint density at radius 2 is 1.93 bits per heavy atom. The highest BCUT2D eigenvalue weighted by Crippen LogP contribution is 2.37. The zero-order valence-corrected chi connectivity index (χ0v) is 16.4. The Balaban J connectivity index is 1.43. The summed E-state index contributed by atoms with van der Waals surface area (Å²) in [6.07, 6.45) is 0.876. The van der Waals surface area contributed by atoms with Gasteiger partial charge in [-0.05, 0) is 36.8 Å².